The van der Waals surface area contributed by atoms with Gasteiger partial charge in [0.2, 0.25) is 5.91 Å². The normalized spacial score (nSPS) is 19.7. The smallest absolute Gasteiger partial charge is 0.284 e. The van der Waals surface area contributed by atoms with E-state index in [1.165, 1.54) is 17.0 Å². The van der Waals surface area contributed by atoms with Crippen LogP contribution >= 0.6 is 11.8 Å². The fourth-order valence-corrected chi connectivity index (χ4v) is 4.22. The molecule has 5 nitrogen and oxygen atoms in total. The van der Waals surface area contributed by atoms with Crippen LogP contribution in [0.25, 0.3) is 0 Å². The number of carbonyl (C=O) groups excluding carboxylic acids is 1. The third-order valence-electron chi connectivity index (χ3n) is 3.17. The Bertz CT molecular complexity index is 735. The second-order valence-corrected chi connectivity index (χ2v) is 8.67. The topological polar surface area (TPSA) is 66.8 Å². The standard InChI is InChI=1S/C15H18N2O3S2/c1-5-10-17-13(18)15(3,4)21-14(17)16-22(19,20)12-8-6-11(2)7-9-12/h5-9H,1,10H2,2-4H3/b16-14-. The number of amides is 1. The lowest BCUT2D eigenvalue weighted by molar-refractivity contribution is -0.127. The van der Waals surface area contributed by atoms with Crippen molar-refractivity contribution in [1.29, 1.82) is 0 Å². The molecule has 7 heteroatoms. The Hall–Kier alpha value is -1.60. The van der Waals surface area contributed by atoms with Crippen LogP contribution in [0.3, 0.4) is 0 Å². The second-order valence-electron chi connectivity index (χ2n) is 5.48. The van der Waals surface area contributed by atoms with E-state index in [2.05, 4.69) is 11.0 Å². The summed E-state index contributed by atoms with van der Waals surface area (Å²) in [6.07, 6.45) is 1.55. The summed E-state index contributed by atoms with van der Waals surface area (Å²) in [5.74, 6) is -0.171. The van der Waals surface area contributed by atoms with Crippen LogP contribution in [0.2, 0.25) is 0 Å². The van der Waals surface area contributed by atoms with Gasteiger partial charge >= 0.3 is 0 Å². The minimum Gasteiger partial charge on any atom is -0.286 e. The van der Waals surface area contributed by atoms with E-state index >= 15 is 0 Å². The molecule has 0 unspecified atom stereocenters. The van der Waals surface area contributed by atoms with E-state index in [4.69, 9.17) is 0 Å². The first-order valence-electron chi connectivity index (χ1n) is 6.71. The van der Waals surface area contributed by atoms with Crippen LogP contribution in [0.5, 0.6) is 0 Å². The van der Waals surface area contributed by atoms with Crippen LogP contribution in [-0.2, 0) is 14.8 Å². The molecule has 0 saturated carbocycles. The van der Waals surface area contributed by atoms with Crippen LogP contribution < -0.4 is 0 Å². The largest absolute Gasteiger partial charge is 0.286 e. The maximum absolute atomic E-state index is 12.4. The molecule has 0 radical (unpaired) electrons. The zero-order chi connectivity index (χ0) is 16.5. The molecule has 0 spiro atoms. The second kappa shape index (κ2) is 5.89. The van der Waals surface area contributed by atoms with Crippen LogP contribution in [0.1, 0.15) is 19.4 Å². The maximum Gasteiger partial charge on any atom is 0.284 e. The summed E-state index contributed by atoms with van der Waals surface area (Å²) in [6.45, 7) is 9.20. The highest BCUT2D eigenvalue weighted by Gasteiger charge is 2.44. The Balaban J connectivity index is 2.43. The van der Waals surface area contributed by atoms with E-state index in [1.54, 1.807) is 32.1 Å². The first-order valence-corrected chi connectivity index (χ1v) is 8.96. The minimum absolute atomic E-state index is 0.113. The molecule has 0 atom stereocenters. The van der Waals surface area contributed by atoms with Crippen molar-refractivity contribution >= 4 is 32.9 Å². The number of sulfonamides is 1. The van der Waals surface area contributed by atoms with Gasteiger partial charge in [-0.1, -0.05) is 35.5 Å². The van der Waals surface area contributed by atoms with Crippen LogP contribution in [0.15, 0.2) is 46.2 Å². The highest BCUT2D eigenvalue weighted by molar-refractivity contribution is 8.16. The fraction of sp³-hybridized carbons (Fsp3) is 0.333. The van der Waals surface area contributed by atoms with Gasteiger partial charge in [0.25, 0.3) is 10.0 Å². The summed E-state index contributed by atoms with van der Waals surface area (Å²) < 4.78 is 27.9. The van der Waals surface area contributed by atoms with E-state index < -0.39 is 14.8 Å². The molecule has 1 heterocycles. The Morgan fingerprint density at radius 3 is 2.45 bits per heavy atom. The van der Waals surface area contributed by atoms with Crippen LogP contribution in [-0.4, -0.2) is 35.7 Å². The van der Waals surface area contributed by atoms with Crippen molar-refractivity contribution in [3.05, 3.63) is 42.5 Å². The molecule has 22 heavy (non-hydrogen) atoms. The molecule has 0 aromatic heterocycles. The summed E-state index contributed by atoms with van der Waals surface area (Å²) in [7, 11) is -3.85. The monoisotopic (exact) mass is 338 g/mol. The van der Waals surface area contributed by atoms with Crippen LogP contribution in [0.4, 0.5) is 0 Å². The zero-order valence-corrected chi connectivity index (χ0v) is 14.4. The van der Waals surface area contributed by atoms with Gasteiger partial charge in [0, 0.05) is 6.54 Å². The highest BCUT2D eigenvalue weighted by atomic mass is 32.2. The predicted molar refractivity (Wildman–Crippen MR) is 89.4 cm³/mol. The van der Waals surface area contributed by atoms with Crippen molar-refractivity contribution in [3.63, 3.8) is 0 Å². The van der Waals surface area contributed by atoms with Crippen molar-refractivity contribution in [2.24, 2.45) is 4.40 Å². The molecular formula is C15H18N2O3S2. The molecule has 1 aliphatic heterocycles. The number of aryl methyl sites for hydroxylation is 1. The van der Waals surface area contributed by atoms with Crippen molar-refractivity contribution in [3.8, 4) is 0 Å². The average molecular weight is 338 g/mol. The molecule has 0 aliphatic carbocycles. The molecule has 1 amide bonds. The number of carbonyl (C=O) groups is 1. The molecule has 1 aromatic carbocycles. The first-order chi connectivity index (χ1) is 10.2. The van der Waals surface area contributed by atoms with Gasteiger partial charge in [-0.05, 0) is 32.9 Å². The van der Waals surface area contributed by atoms with E-state index in [-0.39, 0.29) is 22.5 Å². The lowest BCUT2D eigenvalue weighted by atomic mass is 10.2. The lowest BCUT2D eigenvalue weighted by Gasteiger charge is -2.15. The molecule has 0 bridgehead atoms. The van der Waals surface area contributed by atoms with E-state index in [9.17, 15) is 13.2 Å². The molecule has 1 fully saturated rings. The maximum atomic E-state index is 12.4. The van der Waals surface area contributed by atoms with E-state index in [0.717, 1.165) is 17.3 Å². The zero-order valence-electron chi connectivity index (χ0n) is 12.7. The van der Waals surface area contributed by atoms with Crippen molar-refractivity contribution < 1.29 is 13.2 Å². The van der Waals surface area contributed by atoms with E-state index in [0.29, 0.717) is 0 Å². The van der Waals surface area contributed by atoms with Gasteiger partial charge in [-0.15, -0.1) is 11.0 Å². The molecule has 118 valence electrons. The van der Waals surface area contributed by atoms with Gasteiger partial charge in [-0.3, -0.25) is 9.69 Å². The summed E-state index contributed by atoms with van der Waals surface area (Å²) in [4.78, 5) is 13.7. The van der Waals surface area contributed by atoms with Gasteiger partial charge in [-0.2, -0.15) is 8.42 Å². The number of rotatable bonds is 4. The molecule has 1 aliphatic rings. The van der Waals surface area contributed by atoms with Gasteiger partial charge in [0.05, 0.1) is 9.64 Å². The quantitative estimate of drug-likeness (QED) is 0.792. The Kier molecular flexibility index (Phi) is 4.49. The number of benzene rings is 1. The summed E-state index contributed by atoms with van der Waals surface area (Å²) >= 11 is 1.15. The van der Waals surface area contributed by atoms with Gasteiger partial charge in [0.1, 0.15) is 0 Å². The van der Waals surface area contributed by atoms with Gasteiger partial charge < -0.3 is 0 Å². The predicted octanol–water partition coefficient (Wildman–Crippen LogP) is 2.58. The number of thioether (sulfide) groups is 1. The van der Waals surface area contributed by atoms with Gasteiger partial charge in [-0.25, -0.2) is 0 Å². The van der Waals surface area contributed by atoms with Crippen molar-refractivity contribution in [1.82, 2.24) is 4.90 Å². The summed E-state index contributed by atoms with van der Waals surface area (Å²) in [5, 5.41) is 0.190. The number of hydrogen-bond donors (Lipinski definition) is 0. The fourth-order valence-electron chi connectivity index (χ4n) is 1.96. The minimum atomic E-state index is -3.85. The van der Waals surface area contributed by atoms with Gasteiger partial charge in [0.15, 0.2) is 5.17 Å². The lowest BCUT2D eigenvalue weighted by Crippen LogP contribution is -2.36. The average Bonchev–Trinajstić information content (AvgIpc) is 2.62. The Morgan fingerprint density at radius 2 is 1.91 bits per heavy atom. The van der Waals surface area contributed by atoms with Crippen molar-refractivity contribution in [2.75, 3.05) is 6.54 Å². The van der Waals surface area contributed by atoms with E-state index in [1.807, 2.05) is 6.92 Å². The number of amidine groups is 1. The molecule has 0 N–H and O–H groups in total. The third-order valence-corrected chi connectivity index (χ3v) is 5.74. The Morgan fingerprint density at radius 1 is 1.32 bits per heavy atom. The number of nitrogens with zero attached hydrogens (tertiary/aromatic N) is 2. The molecule has 1 aromatic rings. The summed E-state index contributed by atoms with van der Waals surface area (Å²) in [5.41, 5.74) is 0.964. The third kappa shape index (κ3) is 3.25. The number of hydrogen-bond acceptors (Lipinski definition) is 4. The van der Waals surface area contributed by atoms with Crippen LogP contribution in [0, 0.1) is 6.92 Å². The Labute approximate surface area is 135 Å². The molecule has 1 saturated heterocycles. The molecular weight excluding hydrogens is 320 g/mol. The summed E-state index contributed by atoms with van der Waals surface area (Å²) in [6, 6.07) is 6.45. The van der Waals surface area contributed by atoms with Crippen molar-refractivity contribution in [2.45, 2.75) is 30.4 Å². The SMILES string of the molecule is C=CCN1C(=O)C(C)(C)S/C1=N\S(=O)(=O)c1ccc(C)cc1. The highest BCUT2D eigenvalue weighted by Crippen LogP contribution is 2.37. The molecule has 2 rings (SSSR count). The first kappa shape index (κ1) is 16.8.